The van der Waals surface area contributed by atoms with Crippen LogP contribution in [0.4, 0.5) is 0 Å². The Bertz CT molecular complexity index is 615. The molecular formula is C19H22BrN. The van der Waals surface area contributed by atoms with Crippen molar-refractivity contribution in [1.82, 2.24) is 5.32 Å². The summed E-state index contributed by atoms with van der Waals surface area (Å²) >= 11 is 3.61. The van der Waals surface area contributed by atoms with E-state index in [1.807, 2.05) is 0 Å². The quantitative estimate of drug-likeness (QED) is 0.815. The highest BCUT2D eigenvalue weighted by atomic mass is 79.9. The van der Waals surface area contributed by atoms with E-state index < -0.39 is 0 Å². The van der Waals surface area contributed by atoms with Crippen LogP contribution in [-0.4, -0.2) is 13.1 Å². The zero-order chi connectivity index (χ0) is 14.8. The van der Waals surface area contributed by atoms with Crippen LogP contribution in [-0.2, 0) is 0 Å². The minimum absolute atomic E-state index is 0.553. The highest BCUT2D eigenvalue weighted by Gasteiger charge is 2.28. The zero-order valence-electron chi connectivity index (χ0n) is 12.7. The number of aryl methyl sites for hydroxylation is 2. The summed E-state index contributed by atoms with van der Waals surface area (Å²) in [6.45, 7) is 6.58. The van der Waals surface area contributed by atoms with Gasteiger partial charge in [0, 0.05) is 16.9 Å². The number of halogens is 1. The summed E-state index contributed by atoms with van der Waals surface area (Å²) in [7, 11) is 0. The fraction of sp³-hybridized carbons (Fsp3) is 0.368. The van der Waals surface area contributed by atoms with Crippen LogP contribution < -0.4 is 5.32 Å². The van der Waals surface area contributed by atoms with Gasteiger partial charge in [-0.05, 0) is 56.0 Å². The molecule has 1 N–H and O–H groups in total. The van der Waals surface area contributed by atoms with Gasteiger partial charge < -0.3 is 5.32 Å². The van der Waals surface area contributed by atoms with Crippen LogP contribution in [0.1, 0.15) is 40.5 Å². The average Bonchev–Trinajstić information content (AvgIpc) is 2.46. The van der Waals surface area contributed by atoms with Gasteiger partial charge in [-0.2, -0.15) is 0 Å². The van der Waals surface area contributed by atoms with Crippen molar-refractivity contribution in [3.05, 3.63) is 69.2 Å². The van der Waals surface area contributed by atoms with Gasteiger partial charge in [-0.1, -0.05) is 57.4 Å². The minimum Gasteiger partial charge on any atom is -0.316 e. The maximum absolute atomic E-state index is 3.61. The van der Waals surface area contributed by atoms with E-state index >= 15 is 0 Å². The van der Waals surface area contributed by atoms with Crippen molar-refractivity contribution < 1.29 is 0 Å². The van der Waals surface area contributed by atoms with Gasteiger partial charge >= 0.3 is 0 Å². The predicted octanol–water partition coefficient (Wildman–Crippen LogP) is 4.93. The fourth-order valence-electron chi connectivity index (χ4n) is 3.57. The maximum Gasteiger partial charge on any atom is 0.0178 e. The van der Waals surface area contributed by atoms with Gasteiger partial charge in [0.25, 0.3) is 0 Å². The Labute approximate surface area is 135 Å². The van der Waals surface area contributed by atoms with Crippen molar-refractivity contribution >= 4 is 15.9 Å². The Morgan fingerprint density at radius 3 is 2.43 bits per heavy atom. The number of nitrogens with one attached hydrogen (secondary N) is 1. The molecule has 1 fully saturated rings. The van der Waals surface area contributed by atoms with Crippen molar-refractivity contribution in [2.45, 2.75) is 32.1 Å². The van der Waals surface area contributed by atoms with Gasteiger partial charge in [-0.15, -0.1) is 0 Å². The monoisotopic (exact) mass is 343 g/mol. The standard InChI is InChI=1S/C19H22BrN/c1-13-8-14(2)10-16(9-13)18-6-7-21-12-19(18)15-4-3-5-17(20)11-15/h3-5,8-11,18-19,21H,6-7,12H2,1-2H3. The third kappa shape index (κ3) is 3.38. The molecule has 2 aromatic carbocycles. The van der Waals surface area contributed by atoms with Crippen molar-refractivity contribution in [2.75, 3.05) is 13.1 Å². The normalized spacial score (nSPS) is 22.2. The van der Waals surface area contributed by atoms with E-state index in [1.165, 1.54) is 33.1 Å². The molecule has 2 atom stereocenters. The van der Waals surface area contributed by atoms with Crippen molar-refractivity contribution in [3.63, 3.8) is 0 Å². The lowest BCUT2D eigenvalue weighted by Crippen LogP contribution is -2.34. The predicted molar refractivity (Wildman–Crippen MR) is 93.0 cm³/mol. The van der Waals surface area contributed by atoms with Gasteiger partial charge in [-0.25, -0.2) is 0 Å². The van der Waals surface area contributed by atoms with Crippen LogP contribution in [0.3, 0.4) is 0 Å². The molecule has 21 heavy (non-hydrogen) atoms. The van der Waals surface area contributed by atoms with Crippen LogP contribution in [0.5, 0.6) is 0 Å². The van der Waals surface area contributed by atoms with Gasteiger partial charge in [0.15, 0.2) is 0 Å². The van der Waals surface area contributed by atoms with Gasteiger partial charge in [0.1, 0.15) is 0 Å². The largest absolute Gasteiger partial charge is 0.316 e. The van der Waals surface area contributed by atoms with E-state index in [0.29, 0.717) is 11.8 Å². The molecule has 0 bridgehead atoms. The molecule has 1 heterocycles. The van der Waals surface area contributed by atoms with Gasteiger partial charge in [-0.3, -0.25) is 0 Å². The fourth-order valence-corrected chi connectivity index (χ4v) is 3.99. The van der Waals surface area contributed by atoms with Gasteiger partial charge in [0.2, 0.25) is 0 Å². The molecule has 0 radical (unpaired) electrons. The molecule has 2 unspecified atom stereocenters. The van der Waals surface area contributed by atoms with Crippen molar-refractivity contribution in [1.29, 1.82) is 0 Å². The Morgan fingerprint density at radius 2 is 1.71 bits per heavy atom. The molecule has 0 aromatic heterocycles. The highest BCUT2D eigenvalue weighted by Crippen LogP contribution is 2.38. The number of hydrogen-bond donors (Lipinski definition) is 1. The van der Waals surface area contributed by atoms with E-state index in [4.69, 9.17) is 0 Å². The summed E-state index contributed by atoms with van der Waals surface area (Å²) in [5.41, 5.74) is 5.67. The number of benzene rings is 2. The SMILES string of the molecule is Cc1cc(C)cc(C2CCNCC2c2cccc(Br)c2)c1. The number of rotatable bonds is 2. The molecule has 0 aliphatic carbocycles. The molecule has 110 valence electrons. The Hall–Kier alpha value is -1.12. The van der Waals surface area contributed by atoms with Crippen LogP contribution in [0, 0.1) is 13.8 Å². The van der Waals surface area contributed by atoms with Crippen LogP contribution >= 0.6 is 15.9 Å². The zero-order valence-corrected chi connectivity index (χ0v) is 14.3. The van der Waals surface area contributed by atoms with E-state index in [2.05, 4.69) is 77.6 Å². The Morgan fingerprint density at radius 1 is 0.952 bits per heavy atom. The van der Waals surface area contributed by atoms with E-state index in [9.17, 15) is 0 Å². The third-order valence-corrected chi connectivity index (χ3v) is 4.92. The second-order valence-corrected chi connectivity index (χ2v) is 7.10. The highest BCUT2D eigenvalue weighted by molar-refractivity contribution is 9.10. The lowest BCUT2D eigenvalue weighted by atomic mass is 9.77. The summed E-state index contributed by atoms with van der Waals surface area (Å²) in [6, 6.07) is 15.8. The molecule has 0 amide bonds. The average molecular weight is 344 g/mol. The smallest absolute Gasteiger partial charge is 0.0178 e. The van der Waals surface area contributed by atoms with E-state index in [-0.39, 0.29) is 0 Å². The van der Waals surface area contributed by atoms with Crippen LogP contribution in [0.2, 0.25) is 0 Å². The second kappa shape index (κ2) is 6.33. The molecule has 2 heteroatoms. The van der Waals surface area contributed by atoms with E-state index in [0.717, 1.165) is 13.1 Å². The lowest BCUT2D eigenvalue weighted by Gasteiger charge is -2.33. The first-order chi connectivity index (χ1) is 10.1. The maximum atomic E-state index is 3.61. The Balaban J connectivity index is 1.98. The van der Waals surface area contributed by atoms with Crippen LogP contribution in [0.25, 0.3) is 0 Å². The molecule has 3 rings (SSSR count). The first-order valence-electron chi connectivity index (χ1n) is 7.68. The molecule has 0 spiro atoms. The summed E-state index contributed by atoms with van der Waals surface area (Å²) in [5, 5.41) is 3.57. The van der Waals surface area contributed by atoms with Crippen LogP contribution in [0.15, 0.2) is 46.9 Å². The topological polar surface area (TPSA) is 12.0 Å². The molecule has 1 saturated heterocycles. The van der Waals surface area contributed by atoms with Crippen molar-refractivity contribution in [2.24, 2.45) is 0 Å². The molecule has 1 nitrogen and oxygen atoms in total. The number of piperidine rings is 1. The third-order valence-electron chi connectivity index (χ3n) is 4.43. The molecular weight excluding hydrogens is 322 g/mol. The first-order valence-corrected chi connectivity index (χ1v) is 8.47. The Kier molecular flexibility index (Phi) is 4.46. The second-order valence-electron chi connectivity index (χ2n) is 6.18. The van der Waals surface area contributed by atoms with Gasteiger partial charge in [0.05, 0.1) is 0 Å². The van der Waals surface area contributed by atoms with E-state index in [1.54, 1.807) is 0 Å². The lowest BCUT2D eigenvalue weighted by molar-refractivity contribution is 0.404. The minimum atomic E-state index is 0.553. The molecule has 1 aliphatic heterocycles. The molecule has 1 aliphatic rings. The summed E-state index contributed by atoms with van der Waals surface area (Å²) in [6.07, 6.45) is 1.21. The summed E-state index contributed by atoms with van der Waals surface area (Å²) < 4.78 is 1.17. The molecule has 0 saturated carbocycles. The number of hydrogen-bond acceptors (Lipinski definition) is 1. The first kappa shape index (κ1) is 14.8. The summed E-state index contributed by atoms with van der Waals surface area (Å²) in [4.78, 5) is 0. The summed E-state index contributed by atoms with van der Waals surface area (Å²) in [5.74, 6) is 1.16. The molecule has 2 aromatic rings. The van der Waals surface area contributed by atoms with Crippen molar-refractivity contribution in [3.8, 4) is 0 Å².